The number of benzene rings is 4. The Morgan fingerprint density at radius 1 is 0.554 bits per heavy atom. The molecule has 0 fully saturated rings. The van der Waals surface area contributed by atoms with Crippen molar-refractivity contribution in [2.75, 3.05) is 0 Å². The molecule has 6 aromatic rings. The first-order chi connectivity index (χ1) is 34.0. The number of carbonyl (C=O) groups excluding carboxylic acids is 1. The van der Waals surface area contributed by atoms with E-state index in [1.165, 1.54) is 48.5 Å². The largest absolute Gasteiger partial charge is 0.573 e. The molecule has 0 bridgehead atoms. The summed E-state index contributed by atoms with van der Waals surface area (Å²) in [7, 11) is 0. The van der Waals surface area contributed by atoms with Crippen LogP contribution in [0.5, 0.6) is 23.0 Å². The van der Waals surface area contributed by atoms with Crippen molar-refractivity contribution in [2.45, 2.75) is 144 Å². The third-order valence-electron chi connectivity index (χ3n) is 12.1. The van der Waals surface area contributed by atoms with Gasteiger partial charge in [0.05, 0.1) is 23.3 Å². The topological polar surface area (TPSA) is 133 Å². The van der Waals surface area contributed by atoms with E-state index < -0.39 is 81.3 Å². The van der Waals surface area contributed by atoms with Gasteiger partial charge in [0.2, 0.25) is 0 Å². The Bertz CT molecular complexity index is 2960. The molecular formula is C57H62F6O11. The molecule has 6 rings (SSSR count). The van der Waals surface area contributed by atoms with Gasteiger partial charge in [0, 0.05) is 46.0 Å². The minimum Gasteiger partial charge on any atom is -0.488 e. The zero-order valence-electron chi connectivity index (χ0n) is 43.5. The Kier molecular flexibility index (Phi) is 15.9. The molecular weight excluding hydrogens is 975 g/mol. The molecule has 74 heavy (non-hydrogen) atoms. The fourth-order valence-corrected chi connectivity index (χ4v) is 10.4. The first kappa shape index (κ1) is 56.5. The van der Waals surface area contributed by atoms with Gasteiger partial charge in [0.1, 0.15) is 51.0 Å². The third kappa shape index (κ3) is 14.7. The zero-order valence-corrected chi connectivity index (χ0v) is 43.5. The molecule has 0 radical (unpaired) electrons. The van der Waals surface area contributed by atoms with Crippen LogP contribution < -0.4 is 30.2 Å². The molecule has 1 atom stereocenters. The van der Waals surface area contributed by atoms with Gasteiger partial charge >= 0.3 is 29.9 Å². The number of esters is 1. The minimum atomic E-state index is -4.98. The maximum absolute atomic E-state index is 13.3. The Morgan fingerprint density at radius 3 is 1.32 bits per heavy atom. The highest BCUT2D eigenvalue weighted by Crippen LogP contribution is 2.48. The maximum atomic E-state index is 13.3. The van der Waals surface area contributed by atoms with Crippen LogP contribution in [0.4, 0.5) is 26.3 Å². The van der Waals surface area contributed by atoms with E-state index >= 15 is 0 Å². The predicted molar refractivity (Wildman–Crippen MR) is 269 cm³/mol. The van der Waals surface area contributed by atoms with Crippen molar-refractivity contribution in [1.82, 2.24) is 0 Å². The summed E-state index contributed by atoms with van der Waals surface area (Å²) in [6.07, 6.45) is -9.86. The number of para-hydroxylation sites is 2. The van der Waals surface area contributed by atoms with Gasteiger partial charge in [-0.05, 0) is 128 Å². The number of carbonyl (C=O) groups is 1. The Hall–Kier alpha value is -6.75. The number of hydrogen-bond donors (Lipinski definition) is 0. The monoisotopic (exact) mass is 1040 g/mol. The molecule has 0 aliphatic heterocycles. The van der Waals surface area contributed by atoms with E-state index in [-0.39, 0.29) is 39.0 Å². The summed E-state index contributed by atoms with van der Waals surface area (Å²) in [6, 6.07) is 23.2. The summed E-state index contributed by atoms with van der Waals surface area (Å²) in [6.45, 7) is 26.7. The molecule has 0 amide bonds. The van der Waals surface area contributed by atoms with Crippen molar-refractivity contribution in [3.63, 3.8) is 0 Å². The van der Waals surface area contributed by atoms with Crippen LogP contribution in [-0.2, 0) is 14.3 Å². The zero-order chi connectivity index (χ0) is 55.0. The summed E-state index contributed by atoms with van der Waals surface area (Å²) in [4.78, 5) is 39.2. The lowest BCUT2D eigenvalue weighted by Crippen LogP contribution is -2.52. The number of alkyl halides is 6. The second kappa shape index (κ2) is 20.9. The molecule has 0 saturated carbocycles. The van der Waals surface area contributed by atoms with Crippen molar-refractivity contribution >= 4 is 27.9 Å². The van der Waals surface area contributed by atoms with Crippen LogP contribution in [0.15, 0.2) is 128 Å². The van der Waals surface area contributed by atoms with Crippen LogP contribution in [0.1, 0.15) is 102 Å². The average molecular weight is 1040 g/mol. The highest BCUT2D eigenvalue weighted by Gasteiger charge is 2.48. The lowest BCUT2D eigenvalue weighted by Gasteiger charge is -2.50. The van der Waals surface area contributed by atoms with Crippen LogP contribution in [0, 0.1) is 10.8 Å². The smallest absolute Gasteiger partial charge is 0.488 e. The lowest BCUT2D eigenvalue weighted by molar-refractivity contribution is -0.275. The van der Waals surface area contributed by atoms with E-state index in [2.05, 4.69) is 43.7 Å². The fourth-order valence-electron chi connectivity index (χ4n) is 10.4. The number of fused-ring (bicyclic) bond motifs is 2. The van der Waals surface area contributed by atoms with Gasteiger partial charge < -0.3 is 37.3 Å². The van der Waals surface area contributed by atoms with Crippen LogP contribution in [0.25, 0.3) is 44.2 Å². The highest BCUT2D eigenvalue weighted by molar-refractivity contribution is 5.87. The van der Waals surface area contributed by atoms with Gasteiger partial charge in [0.25, 0.3) is 0 Å². The molecule has 1 unspecified atom stereocenters. The molecule has 0 aliphatic rings. The fraction of sp³-hybridized carbons (Fsp3) is 0.421. The van der Waals surface area contributed by atoms with Gasteiger partial charge in [0.15, 0.2) is 0 Å². The van der Waals surface area contributed by atoms with Crippen molar-refractivity contribution in [1.29, 1.82) is 0 Å². The van der Waals surface area contributed by atoms with Gasteiger partial charge in [-0.25, -0.2) is 14.4 Å². The summed E-state index contributed by atoms with van der Waals surface area (Å²) < 4.78 is 125. The van der Waals surface area contributed by atoms with E-state index in [0.29, 0.717) is 41.5 Å². The standard InChI is InChI=1S/C57H62F6O11/c1-33(2)47(64)74-53(8,9)30-34(3)67-50(51(4,5)31-54(10,11)70-37-24-22-35-26-41(48(65)68-45(35)28-37)39-18-14-16-20-43(39)72-56(58,59)60)52(6,7)32-55(12,13)71-38-25-23-36-27-42(49(66)69-46(36)29-38)40-19-15-17-21-44(40)73-57(61,62)63/h14-29,34,50H,1,30-32H2,2-13H3. The Balaban J connectivity index is 1.26. The first-order valence-corrected chi connectivity index (χ1v) is 23.8. The van der Waals surface area contributed by atoms with Gasteiger partial charge in [-0.15, -0.1) is 26.3 Å². The van der Waals surface area contributed by atoms with E-state index in [4.69, 9.17) is 27.8 Å². The number of halogens is 6. The molecule has 0 N–H and O–H groups in total. The summed E-state index contributed by atoms with van der Waals surface area (Å²) >= 11 is 0. The van der Waals surface area contributed by atoms with E-state index in [1.807, 2.05) is 34.6 Å². The van der Waals surface area contributed by atoms with Crippen molar-refractivity contribution in [3.8, 4) is 45.3 Å². The molecule has 2 heterocycles. The van der Waals surface area contributed by atoms with Crippen LogP contribution in [0.2, 0.25) is 0 Å². The minimum absolute atomic E-state index is 0.0871. The van der Waals surface area contributed by atoms with Gasteiger partial charge in [-0.3, -0.25) is 0 Å². The normalized spacial score (nSPS) is 13.5. The lowest BCUT2D eigenvalue weighted by atomic mass is 9.64. The number of rotatable bonds is 20. The second-order valence-corrected chi connectivity index (χ2v) is 21.9. The predicted octanol–water partition coefficient (Wildman–Crippen LogP) is 14.9. The second-order valence-electron chi connectivity index (χ2n) is 21.9. The van der Waals surface area contributed by atoms with Crippen molar-refractivity contribution in [3.05, 3.63) is 130 Å². The van der Waals surface area contributed by atoms with E-state index in [1.54, 1.807) is 57.2 Å². The molecule has 0 saturated heterocycles. The van der Waals surface area contributed by atoms with Crippen LogP contribution in [0.3, 0.4) is 0 Å². The van der Waals surface area contributed by atoms with Crippen LogP contribution >= 0.6 is 0 Å². The van der Waals surface area contributed by atoms with Crippen molar-refractivity contribution < 1.29 is 68.4 Å². The quantitative estimate of drug-likeness (QED) is 0.0313. The van der Waals surface area contributed by atoms with Gasteiger partial charge in [-0.1, -0.05) is 70.7 Å². The number of ether oxygens (including phenoxy) is 6. The van der Waals surface area contributed by atoms with Crippen molar-refractivity contribution in [2.24, 2.45) is 10.8 Å². The molecule has 0 aliphatic carbocycles. The highest BCUT2D eigenvalue weighted by atomic mass is 19.4. The first-order valence-electron chi connectivity index (χ1n) is 23.8. The summed E-state index contributed by atoms with van der Waals surface area (Å²) in [5, 5.41) is 0.861. The number of hydrogen-bond acceptors (Lipinski definition) is 11. The third-order valence-corrected chi connectivity index (χ3v) is 12.1. The average Bonchev–Trinajstić information content (AvgIpc) is 3.23. The molecule has 4 aromatic carbocycles. The Labute approximate surface area is 425 Å². The Morgan fingerprint density at radius 2 is 0.946 bits per heavy atom. The molecule has 2 aromatic heterocycles. The van der Waals surface area contributed by atoms with Gasteiger partial charge in [-0.2, -0.15) is 0 Å². The van der Waals surface area contributed by atoms with E-state index in [9.17, 15) is 40.7 Å². The summed E-state index contributed by atoms with van der Waals surface area (Å²) in [5.41, 5.74) is -5.73. The summed E-state index contributed by atoms with van der Waals surface area (Å²) in [5.74, 6) is -0.904. The molecule has 17 heteroatoms. The van der Waals surface area contributed by atoms with E-state index in [0.717, 1.165) is 12.1 Å². The molecule has 0 spiro atoms. The SMILES string of the molecule is C=C(C)C(=O)OC(C)(C)CC(C)OC(C(C)(C)CC(C)(C)Oc1ccc2cc(-c3ccccc3OC(F)(F)F)c(=O)oc2c1)C(C)(C)CC(C)(C)Oc1ccc2cc(-c3ccccc3OC(F)(F)F)c(=O)oc2c1. The van der Waals surface area contributed by atoms with Crippen LogP contribution in [-0.4, -0.2) is 47.7 Å². The maximum Gasteiger partial charge on any atom is 0.573 e. The molecule has 398 valence electrons. The molecule has 11 nitrogen and oxygen atoms in total.